The van der Waals surface area contributed by atoms with Crippen LogP contribution in [0.25, 0.3) is 0 Å². The molecule has 8 nitrogen and oxygen atoms in total. The molecule has 148 valence electrons. The molecule has 26 heavy (non-hydrogen) atoms. The molecule has 2 aliphatic rings. The number of hydrogen-bond donors (Lipinski definition) is 2. The van der Waals surface area contributed by atoms with Crippen molar-refractivity contribution in [3.05, 3.63) is 0 Å². The molecule has 0 saturated carbocycles. The number of hydrogen-bond acceptors (Lipinski definition) is 4. The summed E-state index contributed by atoms with van der Waals surface area (Å²) in [4.78, 5) is 39.7. The standard InChI is InChI=1S/C18H32N4O4/c1-4-26-18(25)22-11-7-15(8-12-22)20-16(23)14-5-9-21(10-6-14)17(24)19-13(2)3/h13-15H,4-12H2,1-3H3,(H,19,24)(H,20,23). The van der Waals surface area contributed by atoms with E-state index in [4.69, 9.17) is 4.74 Å². The van der Waals surface area contributed by atoms with Crippen molar-refractivity contribution in [1.29, 1.82) is 0 Å². The normalized spacial score (nSPS) is 19.4. The number of urea groups is 1. The van der Waals surface area contributed by atoms with Gasteiger partial charge in [0.15, 0.2) is 0 Å². The third-order valence-electron chi connectivity index (χ3n) is 4.93. The molecule has 0 aromatic carbocycles. The van der Waals surface area contributed by atoms with Gasteiger partial charge in [-0.05, 0) is 46.5 Å². The van der Waals surface area contributed by atoms with Crippen LogP contribution < -0.4 is 10.6 Å². The lowest BCUT2D eigenvalue weighted by Gasteiger charge is -2.34. The topological polar surface area (TPSA) is 91.0 Å². The summed E-state index contributed by atoms with van der Waals surface area (Å²) in [6, 6.07) is 0.171. The van der Waals surface area contributed by atoms with Crippen LogP contribution >= 0.6 is 0 Å². The lowest BCUT2D eigenvalue weighted by atomic mass is 9.95. The fourth-order valence-corrected chi connectivity index (χ4v) is 3.42. The monoisotopic (exact) mass is 368 g/mol. The highest BCUT2D eigenvalue weighted by molar-refractivity contribution is 5.80. The van der Waals surface area contributed by atoms with Crippen LogP contribution in [0.4, 0.5) is 9.59 Å². The van der Waals surface area contributed by atoms with Gasteiger partial charge in [-0.25, -0.2) is 9.59 Å². The fourth-order valence-electron chi connectivity index (χ4n) is 3.42. The molecule has 2 rings (SSSR count). The van der Waals surface area contributed by atoms with E-state index in [1.165, 1.54) is 0 Å². The Kier molecular flexibility index (Phi) is 7.53. The molecule has 0 unspecified atom stereocenters. The number of nitrogens with zero attached hydrogens (tertiary/aromatic N) is 2. The second kappa shape index (κ2) is 9.64. The Morgan fingerprint density at radius 2 is 1.58 bits per heavy atom. The maximum atomic E-state index is 12.5. The Morgan fingerprint density at radius 1 is 1.00 bits per heavy atom. The maximum absolute atomic E-state index is 12.5. The number of piperidine rings is 2. The molecule has 8 heteroatoms. The molecule has 0 bridgehead atoms. The third-order valence-corrected chi connectivity index (χ3v) is 4.93. The van der Waals surface area contributed by atoms with Crippen LogP contribution in [0.5, 0.6) is 0 Å². The van der Waals surface area contributed by atoms with E-state index in [1.54, 1.807) is 16.7 Å². The molecule has 0 atom stereocenters. The molecule has 2 saturated heterocycles. The smallest absolute Gasteiger partial charge is 0.409 e. The number of likely N-dealkylation sites (tertiary alicyclic amines) is 2. The Morgan fingerprint density at radius 3 is 2.12 bits per heavy atom. The third kappa shape index (κ3) is 5.78. The Hall–Kier alpha value is -1.99. The second-order valence-corrected chi connectivity index (χ2v) is 7.33. The zero-order valence-electron chi connectivity index (χ0n) is 16.1. The minimum atomic E-state index is -0.274. The van der Waals surface area contributed by atoms with Gasteiger partial charge in [0.1, 0.15) is 0 Å². The predicted molar refractivity (Wildman–Crippen MR) is 97.7 cm³/mol. The summed E-state index contributed by atoms with van der Waals surface area (Å²) in [5, 5.41) is 6.01. The van der Waals surface area contributed by atoms with Crippen molar-refractivity contribution in [2.75, 3.05) is 32.8 Å². The molecular weight excluding hydrogens is 336 g/mol. The zero-order chi connectivity index (χ0) is 19.1. The minimum absolute atomic E-state index is 0.0406. The van der Waals surface area contributed by atoms with Gasteiger partial charge in [0.05, 0.1) is 6.61 Å². The van der Waals surface area contributed by atoms with Crippen molar-refractivity contribution in [1.82, 2.24) is 20.4 Å². The molecule has 2 heterocycles. The van der Waals surface area contributed by atoms with Gasteiger partial charge in [0, 0.05) is 44.2 Å². The van der Waals surface area contributed by atoms with Crippen molar-refractivity contribution < 1.29 is 19.1 Å². The van der Waals surface area contributed by atoms with E-state index >= 15 is 0 Å². The number of ether oxygens (including phenoxy) is 1. The zero-order valence-corrected chi connectivity index (χ0v) is 16.1. The largest absolute Gasteiger partial charge is 0.450 e. The van der Waals surface area contributed by atoms with Crippen LogP contribution in [-0.2, 0) is 9.53 Å². The summed E-state index contributed by atoms with van der Waals surface area (Å²) < 4.78 is 5.01. The first-order valence-corrected chi connectivity index (χ1v) is 9.68. The van der Waals surface area contributed by atoms with Crippen LogP contribution in [0.2, 0.25) is 0 Å². The molecule has 0 aliphatic carbocycles. The first-order valence-electron chi connectivity index (χ1n) is 9.68. The van der Waals surface area contributed by atoms with Crippen molar-refractivity contribution in [3.63, 3.8) is 0 Å². The van der Waals surface area contributed by atoms with Crippen molar-refractivity contribution in [2.24, 2.45) is 5.92 Å². The van der Waals surface area contributed by atoms with E-state index < -0.39 is 0 Å². The van der Waals surface area contributed by atoms with Gasteiger partial charge < -0.3 is 25.2 Å². The highest BCUT2D eigenvalue weighted by Crippen LogP contribution is 2.19. The molecule has 0 aromatic rings. The molecule has 0 spiro atoms. The SMILES string of the molecule is CCOC(=O)N1CCC(NC(=O)C2CCN(C(=O)NC(C)C)CC2)CC1. The van der Waals surface area contributed by atoms with E-state index in [0.29, 0.717) is 45.6 Å². The molecule has 0 radical (unpaired) electrons. The van der Waals surface area contributed by atoms with Crippen molar-refractivity contribution in [3.8, 4) is 0 Å². The Bertz CT molecular complexity index is 495. The van der Waals surface area contributed by atoms with E-state index in [-0.39, 0.29) is 36.0 Å². The lowest BCUT2D eigenvalue weighted by Crippen LogP contribution is -2.51. The van der Waals surface area contributed by atoms with Crippen LogP contribution in [0.3, 0.4) is 0 Å². The van der Waals surface area contributed by atoms with Gasteiger partial charge in [-0.15, -0.1) is 0 Å². The predicted octanol–water partition coefficient (Wildman–Crippen LogP) is 1.55. The number of carbonyl (C=O) groups excluding carboxylic acids is 3. The lowest BCUT2D eigenvalue weighted by molar-refractivity contribution is -0.127. The first kappa shape index (κ1) is 20.3. The summed E-state index contributed by atoms with van der Waals surface area (Å²) in [6.07, 6.45) is 2.61. The van der Waals surface area contributed by atoms with Crippen molar-refractivity contribution >= 4 is 18.0 Å². The molecule has 2 fully saturated rings. The highest BCUT2D eigenvalue weighted by atomic mass is 16.6. The summed E-state index contributed by atoms with van der Waals surface area (Å²) in [5.74, 6) is 0.0321. The highest BCUT2D eigenvalue weighted by Gasteiger charge is 2.30. The van der Waals surface area contributed by atoms with Gasteiger partial charge >= 0.3 is 12.1 Å². The van der Waals surface area contributed by atoms with E-state index in [2.05, 4.69) is 10.6 Å². The van der Waals surface area contributed by atoms with Crippen LogP contribution in [0, 0.1) is 5.92 Å². The maximum Gasteiger partial charge on any atom is 0.409 e. The van der Waals surface area contributed by atoms with Crippen molar-refractivity contribution in [2.45, 2.75) is 58.5 Å². The summed E-state index contributed by atoms with van der Waals surface area (Å²) >= 11 is 0. The Balaban J connectivity index is 1.70. The van der Waals surface area contributed by atoms with Gasteiger partial charge in [-0.1, -0.05) is 0 Å². The Labute approximate surface area is 155 Å². The number of carbonyl (C=O) groups is 3. The van der Waals surface area contributed by atoms with E-state index in [0.717, 1.165) is 12.8 Å². The number of nitrogens with one attached hydrogen (secondary N) is 2. The summed E-state index contributed by atoms with van der Waals surface area (Å²) in [5.41, 5.74) is 0. The van der Waals surface area contributed by atoms with Gasteiger partial charge in [0.25, 0.3) is 0 Å². The van der Waals surface area contributed by atoms with E-state index in [9.17, 15) is 14.4 Å². The minimum Gasteiger partial charge on any atom is -0.450 e. The summed E-state index contributed by atoms with van der Waals surface area (Å²) in [7, 11) is 0. The molecule has 2 aliphatic heterocycles. The number of rotatable bonds is 4. The number of amides is 4. The second-order valence-electron chi connectivity index (χ2n) is 7.33. The molecule has 4 amide bonds. The van der Waals surface area contributed by atoms with Gasteiger partial charge in [-0.3, -0.25) is 4.79 Å². The van der Waals surface area contributed by atoms with E-state index in [1.807, 2.05) is 13.8 Å². The average molecular weight is 368 g/mol. The molecular formula is C18H32N4O4. The average Bonchev–Trinajstić information content (AvgIpc) is 2.62. The van der Waals surface area contributed by atoms with Crippen LogP contribution in [0.15, 0.2) is 0 Å². The van der Waals surface area contributed by atoms with Crippen LogP contribution in [0.1, 0.15) is 46.5 Å². The van der Waals surface area contributed by atoms with Gasteiger partial charge in [0.2, 0.25) is 5.91 Å². The molecule has 2 N–H and O–H groups in total. The van der Waals surface area contributed by atoms with Gasteiger partial charge in [-0.2, -0.15) is 0 Å². The van der Waals surface area contributed by atoms with Crippen LogP contribution in [-0.4, -0.2) is 72.7 Å². The molecule has 0 aromatic heterocycles. The quantitative estimate of drug-likeness (QED) is 0.788. The summed E-state index contributed by atoms with van der Waals surface area (Å²) in [6.45, 7) is 8.48. The first-order chi connectivity index (χ1) is 12.4. The fraction of sp³-hybridized carbons (Fsp3) is 0.833.